The molecule has 14 heteroatoms. The van der Waals surface area contributed by atoms with Crippen LogP contribution in [0.1, 0.15) is 70.9 Å². The summed E-state index contributed by atoms with van der Waals surface area (Å²) in [6.07, 6.45) is 7.45. The predicted octanol–water partition coefficient (Wildman–Crippen LogP) is 6.43. The molecule has 3 atom stereocenters. The lowest BCUT2D eigenvalue weighted by molar-refractivity contribution is -0.394. The maximum absolute atomic E-state index is 14.5. The molecule has 3 unspecified atom stereocenters. The van der Waals surface area contributed by atoms with E-state index in [1.165, 1.54) is 18.2 Å². The molecule has 4 aromatic rings. The van der Waals surface area contributed by atoms with Gasteiger partial charge in [-0.1, -0.05) is 88.7 Å². The number of ketones is 1. The Morgan fingerprint density at radius 1 is 0.879 bits per heavy atom. The zero-order chi connectivity index (χ0) is 41.9. The number of aliphatic carboxylic acids is 2. The maximum atomic E-state index is 14.5. The number of Topliss-reactive ketones (excluding diaryl/α,β-unsaturated/α-hetero) is 1. The number of hydrogen-bond donors (Lipinski definition) is 4. The van der Waals surface area contributed by atoms with Crippen LogP contribution in [0.4, 0.5) is 17.1 Å². The first-order valence-corrected chi connectivity index (χ1v) is 19.1. The summed E-state index contributed by atoms with van der Waals surface area (Å²) in [5.41, 5.74) is -0.377. The number of carboxylic acid groups (broad SMARTS) is 2. The van der Waals surface area contributed by atoms with Crippen molar-refractivity contribution in [2.24, 2.45) is 17.3 Å². The van der Waals surface area contributed by atoms with Gasteiger partial charge < -0.3 is 25.2 Å². The Morgan fingerprint density at radius 3 is 2.17 bits per heavy atom. The van der Waals surface area contributed by atoms with Crippen LogP contribution in [0, 0.1) is 37.5 Å². The molecule has 300 valence electrons. The molecule has 14 nitrogen and oxygen atoms in total. The zero-order valence-electron chi connectivity index (χ0n) is 32.5. The lowest BCUT2D eigenvalue weighted by atomic mass is 9.57. The molecular weight excluding hydrogens is 745 g/mol. The van der Waals surface area contributed by atoms with Crippen molar-refractivity contribution in [1.82, 2.24) is 4.98 Å². The molecule has 2 heterocycles. The largest absolute Gasteiger partial charge is 0.481 e. The smallest absolute Gasteiger partial charge is 0.337 e. The number of carbonyl (C=O) groups is 3. The average molecular weight is 789 g/mol. The van der Waals surface area contributed by atoms with Crippen LogP contribution in [-0.4, -0.2) is 53.5 Å². The predicted molar refractivity (Wildman–Crippen MR) is 216 cm³/mol. The van der Waals surface area contributed by atoms with E-state index in [4.69, 9.17) is 0 Å². The Labute approximate surface area is 332 Å². The van der Waals surface area contributed by atoms with Crippen molar-refractivity contribution < 1.29 is 39.5 Å². The number of nitrogens with zero attached hydrogens (tertiary/aromatic N) is 3. The fraction of sp³-hybridized carbons (Fsp3) is 0.341. The van der Waals surface area contributed by atoms with Crippen LogP contribution in [0.3, 0.4) is 0 Å². The number of fused-ring (bicyclic) bond motifs is 4. The van der Waals surface area contributed by atoms with Crippen LogP contribution in [0.5, 0.6) is 0 Å². The minimum atomic E-state index is -2.55. The number of allylic oxidation sites excluding steroid dienone is 2. The van der Waals surface area contributed by atoms with Gasteiger partial charge in [0.2, 0.25) is 0 Å². The molecule has 0 spiro atoms. The highest BCUT2D eigenvalue weighted by molar-refractivity contribution is 6.06. The maximum Gasteiger partial charge on any atom is 0.337 e. The molecule has 3 aromatic carbocycles. The molecular formula is C44H44N4O10. The van der Waals surface area contributed by atoms with Gasteiger partial charge in [-0.15, -0.1) is 0 Å². The van der Waals surface area contributed by atoms with Crippen molar-refractivity contribution >= 4 is 57.3 Å². The number of H-pyrrole nitrogens is 1. The van der Waals surface area contributed by atoms with Gasteiger partial charge in [-0.2, -0.15) is 0 Å². The lowest BCUT2D eigenvalue weighted by Gasteiger charge is -2.47. The van der Waals surface area contributed by atoms with Crippen LogP contribution >= 0.6 is 0 Å². The van der Waals surface area contributed by atoms with Crippen LogP contribution in [0.25, 0.3) is 22.6 Å². The Hall–Kier alpha value is -6.41. The standard InChI is InChI=1S/C44H44N4O10/c1-42(2)23-35-39(29-13-8-10-15-34(29)45-35)28(12-6-5-7-17-38(49)50)31(42)21-32-40(51)33(44(32,54)41(52)53)22-37-43(3,4)30-14-9-11-16-36(30)46(37)24-25-18-26(47(55)56)20-27(19-25)48(57)58/h8-11,13-16,18-23,32-33,45,54H,5-7,12,17,24H2,1-4H3,(H,49,50)(H,52,53). The molecule has 4 N–H and O–H groups in total. The number of benzene rings is 3. The number of non-ortho nitro benzene ring substituents is 2. The molecule has 1 aliphatic heterocycles. The van der Waals surface area contributed by atoms with Gasteiger partial charge >= 0.3 is 11.9 Å². The number of carbonyl (C=O) groups excluding carboxylic acids is 1. The van der Waals surface area contributed by atoms with E-state index >= 15 is 0 Å². The van der Waals surface area contributed by atoms with Gasteiger partial charge in [-0.05, 0) is 53.7 Å². The van der Waals surface area contributed by atoms with E-state index in [-0.39, 0.29) is 18.5 Å². The zero-order valence-corrected chi connectivity index (χ0v) is 32.5. The molecule has 0 radical (unpaired) electrons. The number of hydrogen-bond acceptors (Lipinski definition) is 9. The SMILES string of the molecule is CC1(C)C=c2[nH]c3ccccc3c2=C(CCCCCC(=O)O)C1=CC1C(=O)C(C=C2N(Cc3cc([N+](=O)[O-])cc([N+](=O)[O-])c3)c3ccccc3C2(C)C)C1(O)C(=O)O. The number of nitrogens with one attached hydrogen (secondary N) is 1. The molecule has 58 heavy (non-hydrogen) atoms. The van der Waals surface area contributed by atoms with Crippen molar-refractivity contribution in [1.29, 1.82) is 0 Å². The number of nitro groups is 2. The first kappa shape index (κ1) is 39.8. The summed E-state index contributed by atoms with van der Waals surface area (Å²) in [5.74, 6) is -5.88. The van der Waals surface area contributed by atoms with E-state index < -0.39 is 67.2 Å². The molecule has 0 amide bonds. The van der Waals surface area contributed by atoms with Gasteiger partial charge in [-0.3, -0.25) is 29.8 Å². The minimum absolute atomic E-state index is 0.0409. The van der Waals surface area contributed by atoms with Crippen molar-refractivity contribution in [3.05, 3.63) is 132 Å². The Balaban J connectivity index is 1.32. The Morgan fingerprint density at radius 2 is 1.52 bits per heavy atom. The second-order valence-electron chi connectivity index (χ2n) is 16.5. The van der Waals surface area contributed by atoms with Gasteiger partial charge in [0.1, 0.15) is 0 Å². The highest BCUT2D eigenvalue weighted by Gasteiger charge is 2.65. The minimum Gasteiger partial charge on any atom is -0.481 e. The number of aromatic nitrogens is 1. The van der Waals surface area contributed by atoms with Gasteiger partial charge in [0.05, 0.1) is 27.7 Å². The van der Waals surface area contributed by atoms with Crippen molar-refractivity contribution in [2.75, 3.05) is 4.90 Å². The summed E-state index contributed by atoms with van der Waals surface area (Å²) in [6.45, 7) is 7.61. The second kappa shape index (κ2) is 14.5. The van der Waals surface area contributed by atoms with Gasteiger partial charge in [0.25, 0.3) is 11.4 Å². The van der Waals surface area contributed by atoms with Crippen LogP contribution in [-0.2, 0) is 26.3 Å². The first-order valence-electron chi connectivity index (χ1n) is 19.1. The molecule has 2 aliphatic carbocycles. The normalized spacial score (nSPS) is 23.0. The summed E-state index contributed by atoms with van der Waals surface area (Å²) < 4.78 is 0. The third-order valence-electron chi connectivity index (χ3n) is 12.0. The third-order valence-corrected chi connectivity index (χ3v) is 12.0. The monoisotopic (exact) mass is 788 g/mol. The van der Waals surface area contributed by atoms with Crippen molar-refractivity contribution in [3.63, 3.8) is 0 Å². The number of para-hydroxylation sites is 2. The Bertz CT molecular complexity index is 2590. The number of nitro benzene ring substituents is 2. The molecule has 1 fully saturated rings. The summed E-state index contributed by atoms with van der Waals surface area (Å²) >= 11 is 0. The van der Waals surface area contributed by atoms with Gasteiger partial charge in [0, 0.05) is 68.8 Å². The van der Waals surface area contributed by atoms with E-state index in [0.29, 0.717) is 42.6 Å². The van der Waals surface area contributed by atoms with Crippen LogP contribution < -0.4 is 15.5 Å². The molecule has 3 aliphatic rings. The number of carboxylic acids is 2. The molecule has 1 aromatic heterocycles. The highest BCUT2D eigenvalue weighted by atomic mass is 16.6. The summed E-state index contributed by atoms with van der Waals surface area (Å²) in [7, 11) is 0. The quantitative estimate of drug-likeness (QED) is 0.0658. The molecule has 0 bridgehead atoms. The third kappa shape index (κ3) is 6.66. The molecule has 0 saturated heterocycles. The Kier molecular flexibility index (Phi) is 9.96. The summed E-state index contributed by atoms with van der Waals surface area (Å²) in [5, 5.41) is 58.4. The van der Waals surface area contributed by atoms with E-state index in [2.05, 4.69) is 4.98 Å². The van der Waals surface area contributed by atoms with E-state index in [0.717, 1.165) is 38.7 Å². The van der Waals surface area contributed by atoms with E-state index in [1.807, 2.05) is 76.2 Å². The molecule has 1 saturated carbocycles. The number of aromatic amines is 1. The number of aliphatic hydroxyl groups is 1. The fourth-order valence-corrected chi connectivity index (χ4v) is 9.07. The summed E-state index contributed by atoms with van der Waals surface area (Å²) in [6, 6.07) is 18.5. The lowest BCUT2D eigenvalue weighted by Crippen LogP contribution is -2.67. The topological polar surface area (TPSA) is 217 Å². The second-order valence-corrected chi connectivity index (χ2v) is 16.5. The average Bonchev–Trinajstić information content (AvgIpc) is 3.62. The van der Waals surface area contributed by atoms with Gasteiger partial charge in [-0.25, -0.2) is 4.79 Å². The number of anilines is 1. The van der Waals surface area contributed by atoms with Gasteiger partial charge in [0.15, 0.2) is 11.4 Å². The van der Waals surface area contributed by atoms with E-state index in [1.54, 1.807) is 17.0 Å². The van der Waals surface area contributed by atoms with E-state index in [9.17, 15) is 49.9 Å². The van der Waals surface area contributed by atoms with Crippen LogP contribution in [0.15, 0.2) is 90.2 Å². The first-order chi connectivity index (χ1) is 27.4. The summed E-state index contributed by atoms with van der Waals surface area (Å²) in [4.78, 5) is 66.2. The number of rotatable bonds is 13. The van der Waals surface area contributed by atoms with Crippen molar-refractivity contribution in [3.8, 4) is 0 Å². The van der Waals surface area contributed by atoms with Crippen LogP contribution in [0.2, 0.25) is 0 Å². The number of unbranched alkanes of at least 4 members (excludes halogenated alkanes) is 2. The van der Waals surface area contributed by atoms with Crippen molar-refractivity contribution in [2.45, 2.75) is 77.4 Å². The highest BCUT2D eigenvalue weighted by Crippen LogP contribution is 2.53. The fourth-order valence-electron chi connectivity index (χ4n) is 9.07. The molecule has 7 rings (SSSR count).